The zero-order valence-electron chi connectivity index (χ0n) is 14.1. The Labute approximate surface area is 141 Å². The van der Waals surface area contributed by atoms with Crippen LogP contribution in [-0.2, 0) is 9.53 Å². The van der Waals surface area contributed by atoms with Crippen LogP contribution in [0.15, 0.2) is 24.5 Å². The third kappa shape index (κ3) is 4.03. The van der Waals surface area contributed by atoms with Crippen LogP contribution in [0.1, 0.15) is 44.8 Å². The quantitative estimate of drug-likeness (QED) is 0.708. The zero-order valence-corrected chi connectivity index (χ0v) is 14.1. The number of pyridine rings is 1. The summed E-state index contributed by atoms with van der Waals surface area (Å²) in [6.45, 7) is 4.31. The van der Waals surface area contributed by atoms with Crippen LogP contribution in [0.2, 0.25) is 0 Å². The first-order valence-electron chi connectivity index (χ1n) is 8.31. The number of aliphatic carboxylic acids is 1. The van der Waals surface area contributed by atoms with Gasteiger partial charge in [0.25, 0.3) is 0 Å². The summed E-state index contributed by atoms with van der Waals surface area (Å²) in [5.41, 5.74) is -0.00554. The van der Waals surface area contributed by atoms with Gasteiger partial charge in [-0.2, -0.15) is 0 Å². The topological polar surface area (TPSA) is 101 Å². The number of aromatic nitrogens is 1. The second-order valence-corrected chi connectivity index (χ2v) is 6.09. The molecular weight excluding hydrogens is 310 g/mol. The molecule has 7 nitrogen and oxygen atoms in total. The summed E-state index contributed by atoms with van der Waals surface area (Å²) in [5, 5.41) is 15.0. The molecule has 0 bridgehead atoms. The van der Waals surface area contributed by atoms with Crippen molar-refractivity contribution in [3.63, 3.8) is 0 Å². The molecule has 0 unspecified atom stereocenters. The molecule has 0 radical (unpaired) electrons. The van der Waals surface area contributed by atoms with Crippen molar-refractivity contribution in [2.75, 3.05) is 13.2 Å². The molecule has 1 aromatic heterocycles. The summed E-state index contributed by atoms with van der Waals surface area (Å²) in [6.07, 6.45) is 4.82. The lowest BCUT2D eigenvalue weighted by Gasteiger charge is -2.27. The molecule has 0 spiro atoms. The average Bonchev–Trinajstić information content (AvgIpc) is 3.05. The minimum atomic E-state index is -0.924. The van der Waals surface area contributed by atoms with Crippen molar-refractivity contribution in [3.05, 3.63) is 30.1 Å². The summed E-state index contributed by atoms with van der Waals surface area (Å²) in [4.78, 5) is 27.7. The Morgan fingerprint density at radius 1 is 1.42 bits per heavy atom. The maximum Gasteiger partial charge on any atom is 0.315 e. The monoisotopic (exact) mass is 335 g/mol. The van der Waals surface area contributed by atoms with Crippen molar-refractivity contribution < 1.29 is 19.4 Å². The molecule has 3 N–H and O–H groups in total. The first-order valence-corrected chi connectivity index (χ1v) is 8.31. The molecule has 2 heterocycles. The number of carbonyl (C=O) groups excluding carboxylic acids is 1. The summed E-state index contributed by atoms with van der Waals surface area (Å²) in [5.74, 6) is -0.884. The fourth-order valence-electron chi connectivity index (χ4n) is 2.96. The van der Waals surface area contributed by atoms with E-state index in [0.717, 1.165) is 5.56 Å². The fraction of sp³-hybridized carbons (Fsp3) is 0.588. The Morgan fingerprint density at radius 3 is 2.75 bits per heavy atom. The lowest BCUT2D eigenvalue weighted by Crippen LogP contribution is -2.48. The van der Waals surface area contributed by atoms with E-state index >= 15 is 0 Å². The molecule has 2 atom stereocenters. The molecule has 2 rings (SSSR count). The minimum absolute atomic E-state index is 0.103. The van der Waals surface area contributed by atoms with Gasteiger partial charge in [-0.05, 0) is 25.3 Å². The van der Waals surface area contributed by atoms with Crippen molar-refractivity contribution in [1.29, 1.82) is 0 Å². The van der Waals surface area contributed by atoms with Gasteiger partial charge in [-0.15, -0.1) is 0 Å². The molecule has 24 heavy (non-hydrogen) atoms. The zero-order chi connectivity index (χ0) is 17.6. The van der Waals surface area contributed by atoms with Crippen LogP contribution in [-0.4, -0.2) is 41.3 Å². The van der Waals surface area contributed by atoms with E-state index in [2.05, 4.69) is 15.6 Å². The second kappa shape index (κ2) is 8.10. The number of amides is 2. The van der Waals surface area contributed by atoms with Crippen molar-refractivity contribution in [1.82, 2.24) is 15.6 Å². The lowest BCUT2D eigenvalue weighted by atomic mass is 9.82. The number of hydrogen-bond acceptors (Lipinski definition) is 4. The van der Waals surface area contributed by atoms with Gasteiger partial charge in [0.2, 0.25) is 0 Å². The number of hydrogen-bond donors (Lipinski definition) is 3. The highest BCUT2D eigenvalue weighted by atomic mass is 16.5. The highest BCUT2D eigenvalue weighted by molar-refractivity contribution is 5.78. The Hall–Kier alpha value is -2.15. The van der Waals surface area contributed by atoms with Gasteiger partial charge < -0.3 is 20.5 Å². The molecule has 132 valence electrons. The number of nitrogens with zero attached hydrogens (tertiary/aromatic N) is 1. The average molecular weight is 335 g/mol. The smallest absolute Gasteiger partial charge is 0.315 e. The van der Waals surface area contributed by atoms with E-state index in [9.17, 15) is 14.7 Å². The normalized spacial score (nSPS) is 20.6. The molecule has 1 fully saturated rings. The molecule has 0 saturated carbocycles. The molecule has 1 saturated heterocycles. The molecule has 1 aliphatic heterocycles. The highest BCUT2D eigenvalue weighted by Crippen LogP contribution is 2.29. The second-order valence-electron chi connectivity index (χ2n) is 6.09. The SMILES string of the molecule is CCC(CC)(CNC(=O)N[C@H]1CCO[C@@H]1c1cccnc1)C(=O)O. The Bertz CT molecular complexity index is 560. The van der Waals surface area contributed by atoms with Crippen LogP contribution in [0.3, 0.4) is 0 Å². The van der Waals surface area contributed by atoms with E-state index in [-0.39, 0.29) is 24.7 Å². The summed E-state index contributed by atoms with van der Waals surface area (Å²) < 4.78 is 5.70. The van der Waals surface area contributed by atoms with Crippen molar-refractivity contribution in [2.45, 2.75) is 45.3 Å². The number of carbonyl (C=O) groups is 2. The van der Waals surface area contributed by atoms with Gasteiger partial charge in [-0.25, -0.2) is 4.79 Å². The van der Waals surface area contributed by atoms with Crippen LogP contribution in [0.25, 0.3) is 0 Å². The number of carboxylic acids is 1. The predicted octanol–water partition coefficient (Wildman–Crippen LogP) is 2.10. The van der Waals surface area contributed by atoms with Gasteiger partial charge in [0.05, 0.1) is 11.5 Å². The van der Waals surface area contributed by atoms with Crippen LogP contribution in [0.4, 0.5) is 4.79 Å². The van der Waals surface area contributed by atoms with Crippen LogP contribution in [0.5, 0.6) is 0 Å². The first kappa shape index (κ1) is 18.2. The number of ether oxygens (including phenoxy) is 1. The van der Waals surface area contributed by atoms with Gasteiger partial charge in [0.1, 0.15) is 6.10 Å². The maximum absolute atomic E-state index is 12.2. The first-order chi connectivity index (χ1) is 11.5. The van der Waals surface area contributed by atoms with Crippen LogP contribution >= 0.6 is 0 Å². The van der Waals surface area contributed by atoms with E-state index in [0.29, 0.717) is 25.9 Å². The molecule has 1 aromatic rings. The van der Waals surface area contributed by atoms with Gasteiger partial charge in [0.15, 0.2) is 0 Å². The predicted molar refractivity (Wildman–Crippen MR) is 88.5 cm³/mol. The Kier molecular flexibility index (Phi) is 6.14. The highest BCUT2D eigenvalue weighted by Gasteiger charge is 2.36. The minimum Gasteiger partial charge on any atom is -0.481 e. The molecule has 7 heteroatoms. The van der Waals surface area contributed by atoms with Crippen LogP contribution < -0.4 is 10.6 Å². The number of nitrogens with one attached hydrogen (secondary N) is 2. The van der Waals surface area contributed by atoms with Gasteiger partial charge in [-0.3, -0.25) is 9.78 Å². The van der Waals surface area contributed by atoms with E-state index in [1.807, 2.05) is 26.0 Å². The Balaban J connectivity index is 1.93. The van der Waals surface area contributed by atoms with E-state index in [1.54, 1.807) is 12.4 Å². The van der Waals surface area contributed by atoms with Crippen LogP contribution in [0, 0.1) is 5.41 Å². The molecule has 0 aromatic carbocycles. The molecule has 1 aliphatic rings. The van der Waals surface area contributed by atoms with Crippen molar-refractivity contribution in [2.24, 2.45) is 5.41 Å². The van der Waals surface area contributed by atoms with Gasteiger partial charge in [-0.1, -0.05) is 19.9 Å². The summed E-state index contributed by atoms with van der Waals surface area (Å²) >= 11 is 0. The fourth-order valence-corrected chi connectivity index (χ4v) is 2.96. The molecule has 0 aliphatic carbocycles. The van der Waals surface area contributed by atoms with Crippen molar-refractivity contribution in [3.8, 4) is 0 Å². The number of rotatable bonds is 7. The van der Waals surface area contributed by atoms with Gasteiger partial charge >= 0.3 is 12.0 Å². The summed E-state index contributed by atoms with van der Waals surface area (Å²) in [6, 6.07) is 3.22. The lowest BCUT2D eigenvalue weighted by molar-refractivity contribution is -0.149. The van der Waals surface area contributed by atoms with E-state index in [1.165, 1.54) is 0 Å². The number of carboxylic acid groups (broad SMARTS) is 1. The van der Waals surface area contributed by atoms with Gasteiger partial charge in [0, 0.05) is 31.1 Å². The maximum atomic E-state index is 12.2. The third-order valence-electron chi connectivity index (χ3n) is 4.82. The van der Waals surface area contributed by atoms with E-state index in [4.69, 9.17) is 4.74 Å². The molecular formula is C17H25N3O4. The standard InChI is InChI=1S/C17H25N3O4/c1-3-17(4-2,15(21)22)11-19-16(23)20-13-7-9-24-14(13)12-6-5-8-18-10-12/h5-6,8,10,13-14H,3-4,7,9,11H2,1-2H3,(H,21,22)(H2,19,20,23)/t13-,14+/m0/s1. The van der Waals surface area contributed by atoms with Crippen molar-refractivity contribution >= 4 is 12.0 Å². The summed E-state index contributed by atoms with van der Waals surface area (Å²) in [7, 11) is 0. The molecule has 2 amide bonds. The third-order valence-corrected chi connectivity index (χ3v) is 4.82. The Morgan fingerprint density at radius 2 is 2.17 bits per heavy atom. The van der Waals surface area contributed by atoms with E-state index < -0.39 is 11.4 Å². The number of urea groups is 1. The largest absolute Gasteiger partial charge is 0.481 e.